The van der Waals surface area contributed by atoms with E-state index in [1.54, 1.807) is 12.1 Å². The molecule has 106 valence electrons. The van der Waals surface area contributed by atoms with Crippen molar-refractivity contribution in [2.24, 2.45) is 0 Å². The molecule has 19 heavy (non-hydrogen) atoms. The molecule has 5 nitrogen and oxygen atoms in total. The summed E-state index contributed by atoms with van der Waals surface area (Å²) in [5.74, 6) is -0.472. The highest BCUT2D eigenvalue weighted by Gasteiger charge is 2.26. The summed E-state index contributed by atoms with van der Waals surface area (Å²) in [5, 5.41) is 11.2. The Balaban J connectivity index is 2.99. The van der Waals surface area contributed by atoms with Gasteiger partial charge in [-0.3, -0.25) is 0 Å². The van der Waals surface area contributed by atoms with Crippen LogP contribution in [0, 0.1) is 5.82 Å². The van der Waals surface area contributed by atoms with E-state index in [0.717, 1.165) is 0 Å². The monoisotopic (exact) mass is 271 g/mol. The Labute approximate surface area is 111 Å². The van der Waals surface area contributed by atoms with Crippen LogP contribution in [0.1, 0.15) is 24.9 Å². The van der Waals surface area contributed by atoms with Crippen LogP contribution in [0.2, 0.25) is 0 Å². The summed E-state index contributed by atoms with van der Waals surface area (Å²) in [4.78, 5) is 10.9. The lowest BCUT2D eigenvalue weighted by molar-refractivity contribution is -0.0844. The van der Waals surface area contributed by atoms with E-state index in [9.17, 15) is 9.18 Å². The van der Waals surface area contributed by atoms with E-state index in [4.69, 9.17) is 14.6 Å². The first-order valence-corrected chi connectivity index (χ1v) is 5.94. The van der Waals surface area contributed by atoms with Crippen molar-refractivity contribution in [2.75, 3.05) is 13.9 Å². The summed E-state index contributed by atoms with van der Waals surface area (Å²) in [6.45, 7) is 1.85. The van der Waals surface area contributed by atoms with Crippen LogP contribution in [0.3, 0.4) is 0 Å². The van der Waals surface area contributed by atoms with Crippen LogP contribution in [0.15, 0.2) is 24.3 Å². The van der Waals surface area contributed by atoms with Gasteiger partial charge in [0, 0.05) is 12.7 Å². The average Bonchev–Trinajstić information content (AvgIpc) is 2.38. The lowest BCUT2D eigenvalue weighted by Crippen LogP contribution is -2.37. The molecule has 1 rings (SSSR count). The molecular weight excluding hydrogens is 253 g/mol. The highest BCUT2D eigenvalue weighted by Crippen LogP contribution is 2.24. The number of rotatable bonds is 7. The molecule has 6 heteroatoms. The third-order valence-electron chi connectivity index (χ3n) is 2.69. The molecule has 2 atom stereocenters. The first kappa shape index (κ1) is 15.4. The van der Waals surface area contributed by atoms with Crippen LogP contribution in [0.5, 0.6) is 0 Å². The number of methoxy groups -OCH3 is 1. The summed E-state index contributed by atoms with van der Waals surface area (Å²) in [5.41, 5.74) is 0.257. The molecule has 0 aliphatic rings. The fourth-order valence-corrected chi connectivity index (χ4v) is 1.84. The number of hydrogen-bond donors (Lipinski definition) is 2. The molecule has 0 saturated carbocycles. The lowest BCUT2D eigenvalue weighted by atomic mass is 9.99. The minimum atomic E-state index is -1.23. The maximum absolute atomic E-state index is 13.8. The Kier molecular flexibility index (Phi) is 6.24. The fourth-order valence-electron chi connectivity index (χ4n) is 1.84. The average molecular weight is 271 g/mol. The molecule has 1 aromatic rings. The summed E-state index contributed by atoms with van der Waals surface area (Å²) in [6, 6.07) is 5.24. The number of amides is 1. The highest BCUT2D eigenvalue weighted by molar-refractivity contribution is 5.65. The largest absolute Gasteiger partial charge is 0.465 e. The van der Waals surface area contributed by atoms with Gasteiger partial charge in [-0.1, -0.05) is 25.1 Å². The van der Waals surface area contributed by atoms with Gasteiger partial charge in [0.05, 0.1) is 12.1 Å². The molecule has 0 saturated heterocycles. The quantitative estimate of drug-likeness (QED) is 0.748. The molecule has 2 unspecified atom stereocenters. The molecule has 2 N–H and O–H groups in total. The van der Waals surface area contributed by atoms with Crippen molar-refractivity contribution in [3.8, 4) is 0 Å². The van der Waals surface area contributed by atoms with Gasteiger partial charge >= 0.3 is 6.09 Å². The van der Waals surface area contributed by atoms with E-state index in [2.05, 4.69) is 5.32 Å². The van der Waals surface area contributed by atoms with Crippen molar-refractivity contribution in [3.05, 3.63) is 35.6 Å². The van der Waals surface area contributed by atoms with E-state index in [1.807, 2.05) is 6.92 Å². The highest BCUT2D eigenvalue weighted by atomic mass is 19.1. The molecule has 0 heterocycles. The molecule has 0 aliphatic heterocycles. The first-order valence-electron chi connectivity index (χ1n) is 5.94. The van der Waals surface area contributed by atoms with Crippen LogP contribution in [0.4, 0.5) is 9.18 Å². The smallest absolute Gasteiger partial charge is 0.405 e. The summed E-state index contributed by atoms with van der Waals surface area (Å²) in [7, 11) is 1.47. The summed E-state index contributed by atoms with van der Waals surface area (Å²) >= 11 is 0. The molecule has 0 aliphatic carbocycles. The van der Waals surface area contributed by atoms with Crippen molar-refractivity contribution in [2.45, 2.75) is 25.5 Å². The number of carboxylic acid groups (broad SMARTS) is 1. The van der Waals surface area contributed by atoms with Crippen LogP contribution in [-0.2, 0) is 9.47 Å². The van der Waals surface area contributed by atoms with E-state index < -0.39 is 24.1 Å². The fraction of sp³-hybridized carbons (Fsp3) is 0.462. The molecular formula is C13H18FNO4. The van der Waals surface area contributed by atoms with Gasteiger partial charge in [-0.05, 0) is 12.5 Å². The van der Waals surface area contributed by atoms with E-state index >= 15 is 0 Å². The van der Waals surface area contributed by atoms with Gasteiger partial charge in [-0.25, -0.2) is 9.18 Å². The normalized spacial score (nSPS) is 13.8. The first-order chi connectivity index (χ1) is 9.10. The summed E-state index contributed by atoms with van der Waals surface area (Å²) < 4.78 is 24.0. The number of nitrogens with one attached hydrogen (secondary N) is 1. The van der Waals surface area contributed by atoms with Gasteiger partial charge in [-0.2, -0.15) is 0 Å². The molecule has 0 spiro atoms. The third-order valence-corrected chi connectivity index (χ3v) is 2.69. The lowest BCUT2D eigenvalue weighted by Gasteiger charge is -2.26. The zero-order chi connectivity index (χ0) is 14.3. The zero-order valence-corrected chi connectivity index (χ0v) is 10.9. The minimum Gasteiger partial charge on any atom is -0.465 e. The Morgan fingerprint density at radius 2 is 2.16 bits per heavy atom. The van der Waals surface area contributed by atoms with Gasteiger partial charge < -0.3 is 19.9 Å². The van der Waals surface area contributed by atoms with Crippen molar-refractivity contribution in [3.63, 3.8) is 0 Å². The predicted octanol–water partition coefficient (Wildman–Crippen LogP) is 2.53. The Morgan fingerprint density at radius 1 is 1.47 bits per heavy atom. The molecule has 1 aromatic carbocycles. The molecule has 1 amide bonds. The summed E-state index contributed by atoms with van der Waals surface area (Å²) in [6.07, 6.45) is -1.22. The number of hydrogen-bond acceptors (Lipinski definition) is 3. The van der Waals surface area contributed by atoms with Crippen LogP contribution < -0.4 is 5.32 Å². The zero-order valence-electron chi connectivity index (χ0n) is 10.9. The van der Waals surface area contributed by atoms with E-state index in [1.165, 1.54) is 19.2 Å². The molecule has 0 radical (unpaired) electrons. The van der Waals surface area contributed by atoms with Gasteiger partial charge in [0.15, 0.2) is 0 Å². The standard InChI is InChI=1S/C13H18FNO4/c1-3-11(19-8-18-2)12(15-13(16)17)9-6-4-5-7-10(9)14/h4-7,11-12,15H,3,8H2,1-2H3,(H,16,17). The second kappa shape index (κ2) is 7.70. The molecule has 0 fully saturated rings. The molecule has 0 aromatic heterocycles. The second-order valence-electron chi connectivity index (χ2n) is 3.97. The van der Waals surface area contributed by atoms with Crippen molar-refractivity contribution >= 4 is 6.09 Å². The van der Waals surface area contributed by atoms with Gasteiger partial charge in [0.2, 0.25) is 0 Å². The van der Waals surface area contributed by atoms with E-state index in [0.29, 0.717) is 6.42 Å². The van der Waals surface area contributed by atoms with Crippen LogP contribution in [-0.4, -0.2) is 31.2 Å². The van der Waals surface area contributed by atoms with Gasteiger partial charge in [-0.15, -0.1) is 0 Å². The third kappa shape index (κ3) is 4.50. The van der Waals surface area contributed by atoms with E-state index in [-0.39, 0.29) is 12.4 Å². The number of ether oxygens (including phenoxy) is 2. The van der Waals surface area contributed by atoms with Gasteiger partial charge in [0.25, 0.3) is 0 Å². The SMILES string of the molecule is CCC(OCOC)C(NC(=O)O)c1ccccc1F. The molecule has 0 bridgehead atoms. The van der Waals surface area contributed by atoms with Crippen molar-refractivity contribution in [1.82, 2.24) is 5.32 Å². The topological polar surface area (TPSA) is 67.8 Å². The van der Waals surface area contributed by atoms with Crippen LogP contribution >= 0.6 is 0 Å². The number of halogens is 1. The maximum Gasteiger partial charge on any atom is 0.405 e. The maximum atomic E-state index is 13.8. The number of benzene rings is 1. The Hall–Kier alpha value is -1.66. The Morgan fingerprint density at radius 3 is 2.68 bits per heavy atom. The van der Waals surface area contributed by atoms with Crippen LogP contribution in [0.25, 0.3) is 0 Å². The van der Waals surface area contributed by atoms with Crippen molar-refractivity contribution in [1.29, 1.82) is 0 Å². The second-order valence-corrected chi connectivity index (χ2v) is 3.97. The van der Waals surface area contributed by atoms with Crippen molar-refractivity contribution < 1.29 is 23.8 Å². The van der Waals surface area contributed by atoms with Gasteiger partial charge in [0.1, 0.15) is 12.6 Å². The Bertz CT molecular complexity index is 413. The number of carbonyl (C=O) groups is 1. The minimum absolute atomic E-state index is 0.0186. The predicted molar refractivity (Wildman–Crippen MR) is 67.3 cm³/mol.